The van der Waals surface area contributed by atoms with Crippen molar-refractivity contribution in [1.29, 1.82) is 0 Å². The van der Waals surface area contributed by atoms with Gasteiger partial charge < -0.3 is 11.1 Å². The minimum absolute atomic E-state index is 0.292. The topological polar surface area (TPSA) is 176 Å². The predicted molar refractivity (Wildman–Crippen MR) is 174 cm³/mol. The Morgan fingerprint density at radius 3 is 1.69 bits per heavy atom. The lowest BCUT2D eigenvalue weighted by Crippen LogP contribution is -2.06. The van der Waals surface area contributed by atoms with Crippen LogP contribution in [0.4, 0.5) is 30.9 Å². The van der Waals surface area contributed by atoms with Crippen molar-refractivity contribution in [2.45, 2.75) is 13.8 Å². The molecule has 0 saturated carbocycles. The van der Waals surface area contributed by atoms with Crippen molar-refractivity contribution in [3.63, 3.8) is 0 Å². The molecular formula is C32H25F3N14. The van der Waals surface area contributed by atoms with Crippen molar-refractivity contribution in [3.05, 3.63) is 127 Å². The maximum Gasteiger partial charge on any atom is 0.311 e. The van der Waals surface area contributed by atoms with Gasteiger partial charge in [-0.3, -0.25) is 0 Å². The Balaban J connectivity index is 0.000000143. The molecule has 0 unspecified atom stereocenters. The Hall–Kier alpha value is -6.91. The average molecular weight is 663 g/mol. The molecule has 0 aliphatic carbocycles. The molecule has 2 aromatic carbocycles. The molecule has 0 saturated heterocycles. The molecule has 8 rings (SSSR count). The van der Waals surface area contributed by atoms with Crippen molar-refractivity contribution < 1.29 is 13.2 Å². The van der Waals surface area contributed by atoms with Gasteiger partial charge in [0.1, 0.15) is 18.5 Å². The standard InChI is InChI=1S/C16H12FN7.C11H9N5.C5H4F2N2/c1-10-7-13(22-15(17)20-10)23-16-21-12(11-5-3-2-4-6-11)8-14-18-9-19-24(14)16;12-11-15-9(8-4-2-1-3-5-8)6-10-13-7-14-16(10)11;1-3-2-4(6)9-5(7)8-3/h2-9H,1H3,(H,20,21,22,23);1-7H,(H2,12,15);2H,1H3. The summed E-state index contributed by atoms with van der Waals surface area (Å²) in [5.74, 6) is 0.199. The average Bonchev–Trinajstić information content (AvgIpc) is 3.76. The molecule has 14 nitrogen and oxygen atoms in total. The smallest absolute Gasteiger partial charge is 0.311 e. The second-order valence-corrected chi connectivity index (χ2v) is 10.1. The maximum atomic E-state index is 13.4. The van der Waals surface area contributed by atoms with E-state index in [1.165, 1.54) is 28.6 Å². The largest absolute Gasteiger partial charge is 0.368 e. The van der Waals surface area contributed by atoms with Crippen molar-refractivity contribution in [1.82, 2.24) is 59.1 Å². The summed E-state index contributed by atoms with van der Waals surface area (Å²) in [5.41, 5.74) is 11.4. The van der Waals surface area contributed by atoms with E-state index in [1.807, 2.05) is 72.8 Å². The number of nitrogens with one attached hydrogen (secondary N) is 1. The highest BCUT2D eigenvalue weighted by Gasteiger charge is 2.11. The number of aryl methyl sites for hydroxylation is 2. The van der Waals surface area contributed by atoms with Crippen LogP contribution in [0.5, 0.6) is 0 Å². The molecule has 0 aliphatic heterocycles. The lowest BCUT2D eigenvalue weighted by Gasteiger charge is -2.09. The van der Waals surface area contributed by atoms with Crippen molar-refractivity contribution in [2.24, 2.45) is 0 Å². The molecule has 0 fully saturated rings. The number of aromatic nitrogens is 12. The van der Waals surface area contributed by atoms with E-state index in [9.17, 15) is 13.2 Å². The highest BCUT2D eigenvalue weighted by Crippen LogP contribution is 2.22. The third-order valence-electron chi connectivity index (χ3n) is 6.56. The zero-order chi connectivity index (χ0) is 34.3. The number of anilines is 3. The fourth-order valence-corrected chi connectivity index (χ4v) is 4.48. The summed E-state index contributed by atoms with van der Waals surface area (Å²) in [6, 6.07) is 25.9. The van der Waals surface area contributed by atoms with Gasteiger partial charge in [0.05, 0.1) is 11.4 Å². The van der Waals surface area contributed by atoms with Crippen molar-refractivity contribution in [3.8, 4) is 22.5 Å². The Kier molecular flexibility index (Phi) is 9.32. The first-order valence-electron chi connectivity index (χ1n) is 14.4. The quantitative estimate of drug-likeness (QED) is 0.186. The molecule has 0 spiro atoms. The van der Waals surface area contributed by atoms with E-state index in [-0.39, 0.29) is 0 Å². The molecule has 0 amide bonds. The number of nitrogens with two attached hydrogens (primary N) is 1. The molecule has 8 aromatic rings. The molecule has 0 bridgehead atoms. The van der Waals surface area contributed by atoms with Crippen LogP contribution in [0.15, 0.2) is 97.6 Å². The van der Waals surface area contributed by atoms with Crippen molar-refractivity contribution >= 4 is 29.0 Å². The molecule has 0 atom stereocenters. The molecular weight excluding hydrogens is 637 g/mol. The summed E-state index contributed by atoms with van der Waals surface area (Å²) < 4.78 is 40.5. The Labute approximate surface area is 275 Å². The number of halogens is 3. The molecule has 6 aromatic heterocycles. The summed E-state index contributed by atoms with van der Waals surface area (Å²) in [4.78, 5) is 30.5. The van der Waals surface area contributed by atoms with E-state index in [0.29, 0.717) is 40.4 Å². The van der Waals surface area contributed by atoms with Gasteiger partial charge in [0.15, 0.2) is 11.3 Å². The number of rotatable bonds is 4. The van der Waals surface area contributed by atoms with Gasteiger partial charge in [-0.05, 0) is 13.8 Å². The van der Waals surface area contributed by atoms with Gasteiger partial charge in [-0.2, -0.15) is 42.4 Å². The van der Waals surface area contributed by atoms with E-state index >= 15 is 0 Å². The van der Waals surface area contributed by atoms with E-state index in [2.05, 4.69) is 55.4 Å². The monoisotopic (exact) mass is 662 g/mol. The first-order valence-corrected chi connectivity index (χ1v) is 14.4. The van der Waals surface area contributed by atoms with Gasteiger partial charge in [-0.15, -0.1) is 0 Å². The number of nitrogens with zero attached hydrogens (tertiary/aromatic N) is 12. The number of benzene rings is 2. The van der Waals surface area contributed by atoms with Crippen LogP contribution in [-0.4, -0.2) is 59.1 Å². The minimum atomic E-state index is -1.02. The molecule has 244 valence electrons. The Bertz CT molecular complexity index is 2280. The Morgan fingerprint density at radius 1 is 0.592 bits per heavy atom. The third-order valence-corrected chi connectivity index (χ3v) is 6.56. The summed E-state index contributed by atoms with van der Waals surface area (Å²) in [7, 11) is 0. The van der Waals surface area contributed by atoms with Crippen LogP contribution in [0.1, 0.15) is 11.4 Å². The number of nitrogen functional groups attached to an aromatic ring is 1. The zero-order valence-electron chi connectivity index (χ0n) is 25.8. The van der Waals surface area contributed by atoms with Crippen LogP contribution in [0, 0.1) is 32.0 Å². The van der Waals surface area contributed by atoms with E-state index in [4.69, 9.17) is 5.73 Å². The van der Waals surface area contributed by atoms with Crippen LogP contribution in [0.3, 0.4) is 0 Å². The van der Waals surface area contributed by atoms with Crippen LogP contribution in [0.25, 0.3) is 33.8 Å². The third kappa shape index (κ3) is 7.91. The minimum Gasteiger partial charge on any atom is -0.368 e. The number of fused-ring (bicyclic) bond motifs is 2. The zero-order valence-corrected chi connectivity index (χ0v) is 25.8. The number of hydrogen-bond donors (Lipinski definition) is 2. The molecule has 17 heteroatoms. The van der Waals surface area contributed by atoms with Crippen molar-refractivity contribution in [2.75, 3.05) is 11.1 Å². The van der Waals surface area contributed by atoms with E-state index < -0.39 is 18.1 Å². The van der Waals surface area contributed by atoms with Crippen LogP contribution >= 0.6 is 0 Å². The Morgan fingerprint density at radius 2 is 1.12 bits per heavy atom. The van der Waals surface area contributed by atoms with Gasteiger partial charge in [0.2, 0.25) is 17.8 Å². The molecule has 6 heterocycles. The van der Waals surface area contributed by atoms with Crippen LogP contribution < -0.4 is 11.1 Å². The van der Waals surface area contributed by atoms with Gasteiger partial charge >= 0.3 is 12.2 Å². The maximum absolute atomic E-state index is 13.4. The fraction of sp³-hybridized carbons (Fsp3) is 0.0625. The van der Waals surface area contributed by atoms with Gasteiger partial charge in [-0.1, -0.05) is 60.7 Å². The summed E-state index contributed by atoms with van der Waals surface area (Å²) in [5, 5.41) is 11.1. The SMILES string of the molecule is Cc1cc(F)nc(F)n1.Cc1cc(Nc2nc(-c3ccccc3)cc3ncnn23)nc(F)n1.Nc1nc(-c2ccccc2)cc2ncnn12. The summed E-state index contributed by atoms with van der Waals surface area (Å²) in [6.07, 6.45) is 1.07. The predicted octanol–water partition coefficient (Wildman–Crippen LogP) is 5.21. The summed E-state index contributed by atoms with van der Waals surface area (Å²) in [6.45, 7) is 3.18. The normalized spacial score (nSPS) is 10.6. The molecule has 0 radical (unpaired) electrons. The molecule has 49 heavy (non-hydrogen) atoms. The lowest BCUT2D eigenvalue weighted by molar-refractivity contribution is 0.479. The molecule has 3 N–H and O–H groups in total. The van der Waals surface area contributed by atoms with Crippen LogP contribution in [-0.2, 0) is 0 Å². The van der Waals surface area contributed by atoms with Gasteiger partial charge in [0.25, 0.3) is 0 Å². The first-order chi connectivity index (χ1) is 23.7. The van der Waals surface area contributed by atoms with Crippen LogP contribution in [0.2, 0.25) is 0 Å². The van der Waals surface area contributed by atoms with E-state index in [1.54, 1.807) is 13.0 Å². The molecule has 0 aliphatic rings. The second-order valence-electron chi connectivity index (χ2n) is 10.1. The highest BCUT2D eigenvalue weighted by atomic mass is 19.1. The lowest BCUT2D eigenvalue weighted by atomic mass is 10.1. The second kappa shape index (κ2) is 14.2. The van der Waals surface area contributed by atoms with Gasteiger partial charge in [-0.25, -0.2) is 29.9 Å². The highest BCUT2D eigenvalue weighted by molar-refractivity contribution is 5.67. The first kappa shape index (κ1) is 32.0. The number of hydrogen-bond acceptors (Lipinski definition) is 12. The summed E-state index contributed by atoms with van der Waals surface area (Å²) >= 11 is 0. The fourth-order valence-electron chi connectivity index (χ4n) is 4.48. The van der Waals surface area contributed by atoms with E-state index in [0.717, 1.165) is 28.6 Å². The van der Waals surface area contributed by atoms with Gasteiger partial charge in [0, 0.05) is 46.8 Å².